The number of carbonyl (C=O) groups excluding carboxylic acids is 2. The maximum absolute atomic E-state index is 13.2. The second-order valence-electron chi connectivity index (χ2n) is 10.8. The third-order valence-electron chi connectivity index (χ3n) is 8.99. The molecule has 1 amide bonds. The zero-order chi connectivity index (χ0) is 23.9. The molecule has 2 aliphatic heterocycles. The first-order valence-electron chi connectivity index (χ1n) is 11.4. The van der Waals surface area contributed by atoms with Gasteiger partial charge in [-0.3, -0.25) is 9.59 Å². The van der Waals surface area contributed by atoms with Crippen molar-refractivity contribution in [3.8, 4) is 11.5 Å². The minimum atomic E-state index is -1.40. The summed E-state index contributed by atoms with van der Waals surface area (Å²) in [7, 11) is 0. The number of aromatic carboxylic acids is 1. The Morgan fingerprint density at radius 1 is 1.24 bits per heavy atom. The van der Waals surface area contributed by atoms with Crippen LogP contribution in [0.5, 0.6) is 11.5 Å². The molecule has 0 aromatic heterocycles. The molecule has 0 radical (unpaired) electrons. The maximum atomic E-state index is 13.2. The number of aliphatic hydroxyl groups excluding tert-OH is 1. The molecule has 9 heteroatoms. The van der Waals surface area contributed by atoms with Crippen molar-refractivity contribution in [2.45, 2.75) is 70.2 Å². The van der Waals surface area contributed by atoms with Gasteiger partial charge in [-0.15, -0.1) is 0 Å². The molecule has 4 bridgehead atoms. The molecule has 33 heavy (non-hydrogen) atoms. The third kappa shape index (κ3) is 2.94. The Morgan fingerprint density at radius 2 is 1.97 bits per heavy atom. The Morgan fingerprint density at radius 3 is 2.64 bits per heavy atom. The number of benzene rings is 1. The predicted octanol–water partition coefficient (Wildman–Crippen LogP) is 2.43. The molecule has 1 spiro atoms. The molecule has 5 N–H and O–H groups in total. The SMILES string of the molecule is C[C@]12C[C@]34C[C@H]1C[C@H](O2)[C@@H]3[C@](C)(CCC(=O)Nc1c(O)ccc(C(=O)O)c1O)C(=O)C[C@H]4O. The van der Waals surface area contributed by atoms with E-state index >= 15 is 0 Å². The summed E-state index contributed by atoms with van der Waals surface area (Å²) in [5.74, 6) is -3.04. The molecule has 9 nitrogen and oxygen atoms in total. The molecule has 3 saturated carbocycles. The summed E-state index contributed by atoms with van der Waals surface area (Å²) in [6.07, 6.45) is 1.76. The monoisotopic (exact) mass is 459 g/mol. The number of phenols is 2. The molecule has 2 heterocycles. The topological polar surface area (TPSA) is 153 Å². The first-order chi connectivity index (χ1) is 15.4. The zero-order valence-electron chi connectivity index (χ0n) is 18.6. The van der Waals surface area contributed by atoms with Gasteiger partial charge in [0, 0.05) is 29.6 Å². The van der Waals surface area contributed by atoms with Crippen LogP contribution in [-0.2, 0) is 14.3 Å². The lowest BCUT2D eigenvalue weighted by atomic mass is 9.47. The van der Waals surface area contributed by atoms with E-state index in [1.807, 2.05) is 6.92 Å². The number of phenolic OH excluding ortho intramolecular Hbond substituents is 1. The van der Waals surface area contributed by atoms with Gasteiger partial charge in [0.2, 0.25) is 5.91 Å². The first kappa shape index (κ1) is 22.2. The summed E-state index contributed by atoms with van der Waals surface area (Å²) >= 11 is 0. The van der Waals surface area contributed by atoms with Crippen LogP contribution in [0.25, 0.3) is 0 Å². The van der Waals surface area contributed by atoms with Crippen molar-refractivity contribution < 1.29 is 39.5 Å². The number of ketones is 1. The third-order valence-corrected chi connectivity index (χ3v) is 8.99. The van der Waals surface area contributed by atoms with E-state index in [0.29, 0.717) is 12.3 Å². The highest BCUT2D eigenvalue weighted by molar-refractivity contribution is 5.99. The fraction of sp³-hybridized carbons (Fsp3) is 0.625. The van der Waals surface area contributed by atoms with Crippen molar-refractivity contribution in [1.82, 2.24) is 0 Å². The lowest BCUT2D eigenvalue weighted by Crippen LogP contribution is -2.63. The number of hydrogen-bond donors (Lipinski definition) is 5. The zero-order valence-corrected chi connectivity index (χ0v) is 18.6. The molecule has 1 aromatic carbocycles. The van der Waals surface area contributed by atoms with Crippen molar-refractivity contribution in [2.75, 3.05) is 5.32 Å². The number of aromatic hydroxyl groups is 2. The van der Waals surface area contributed by atoms with Crippen molar-refractivity contribution in [1.29, 1.82) is 0 Å². The van der Waals surface area contributed by atoms with Crippen LogP contribution in [0.3, 0.4) is 0 Å². The van der Waals surface area contributed by atoms with E-state index in [9.17, 15) is 29.7 Å². The Labute approximate surface area is 190 Å². The summed E-state index contributed by atoms with van der Waals surface area (Å²) in [6, 6.07) is 2.12. The van der Waals surface area contributed by atoms with Crippen LogP contribution in [0.4, 0.5) is 5.69 Å². The molecule has 178 valence electrons. The van der Waals surface area contributed by atoms with Gasteiger partial charge in [-0.2, -0.15) is 0 Å². The first-order valence-corrected chi connectivity index (χ1v) is 11.4. The predicted molar refractivity (Wildman–Crippen MR) is 115 cm³/mol. The van der Waals surface area contributed by atoms with Crippen LogP contribution in [0.2, 0.25) is 0 Å². The van der Waals surface area contributed by atoms with Crippen molar-refractivity contribution in [3.63, 3.8) is 0 Å². The van der Waals surface area contributed by atoms with Crippen molar-refractivity contribution >= 4 is 23.3 Å². The number of Topliss-reactive ketones (excluding diaryl/α,β-unsaturated/α-hetero) is 1. The molecule has 7 atom stereocenters. The maximum Gasteiger partial charge on any atom is 0.339 e. The molecule has 0 unspecified atom stereocenters. The van der Waals surface area contributed by atoms with Crippen LogP contribution < -0.4 is 5.32 Å². The molecule has 3 aliphatic carbocycles. The minimum absolute atomic E-state index is 0.0619. The van der Waals surface area contributed by atoms with Gasteiger partial charge in [0.1, 0.15) is 22.8 Å². The second-order valence-corrected chi connectivity index (χ2v) is 10.8. The molecule has 1 aromatic rings. The average Bonchev–Trinajstić information content (AvgIpc) is 3.10. The van der Waals surface area contributed by atoms with Gasteiger partial charge in [0.05, 0.1) is 17.8 Å². The van der Waals surface area contributed by atoms with Crippen LogP contribution in [0.15, 0.2) is 12.1 Å². The van der Waals surface area contributed by atoms with E-state index in [2.05, 4.69) is 12.2 Å². The Hall–Kier alpha value is -2.65. The fourth-order valence-electron chi connectivity index (χ4n) is 7.54. The van der Waals surface area contributed by atoms with Gasteiger partial charge < -0.3 is 30.5 Å². The van der Waals surface area contributed by atoms with Gasteiger partial charge in [0.25, 0.3) is 0 Å². The van der Waals surface area contributed by atoms with Crippen molar-refractivity contribution in [3.05, 3.63) is 17.7 Å². The Bertz CT molecular complexity index is 1070. The molecular weight excluding hydrogens is 430 g/mol. The van der Waals surface area contributed by atoms with Crippen LogP contribution in [-0.4, -0.2) is 55.9 Å². The van der Waals surface area contributed by atoms with Gasteiger partial charge >= 0.3 is 5.97 Å². The summed E-state index contributed by atoms with van der Waals surface area (Å²) < 4.78 is 6.38. The standard InChI is InChI=1S/C24H29NO8/c1-22(6-5-17(29)25-18-13(26)4-3-12(19(18)30)21(31)32)15(27)8-16(28)24-9-11-7-14(20(22)24)33-23(11,2)10-24/h3-4,11,14,16,20,26,28,30H,5-10H2,1-2H3,(H,25,29)(H,31,32)/t11-,14+,16-,20-,22-,23+,24+/m1/s1. The normalized spacial score (nSPS) is 40.6. The van der Waals surface area contributed by atoms with E-state index in [1.165, 1.54) is 0 Å². The Balaban J connectivity index is 1.37. The van der Waals surface area contributed by atoms with Crippen LogP contribution in [0.1, 0.15) is 62.7 Å². The summed E-state index contributed by atoms with van der Waals surface area (Å²) in [5, 5.41) is 42.7. The van der Waals surface area contributed by atoms with E-state index in [-0.39, 0.29) is 53.8 Å². The van der Waals surface area contributed by atoms with Gasteiger partial charge in [-0.05, 0) is 50.7 Å². The number of hydrogen-bond acceptors (Lipinski definition) is 7. The van der Waals surface area contributed by atoms with E-state index in [4.69, 9.17) is 9.84 Å². The molecular formula is C24H29NO8. The number of carboxylic acid groups (broad SMARTS) is 1. The number of ether oxygens (including phenoxy) is 1. The van der Waals surface area contributed by atoms with Gasteiger partial charge in [0.15, 0.2) is 5.75 Å². The highest BCUT2D eigenvalue weighted by Gasteiger charge is 2.75. The quantitative estimate of drug-likeness (QED) is 0.421. The summed E-state index contributed by atoms with van der Waals surface area (Å²) in [5.41, 5.74) is -2.32. The molecule has 6 rings (SSSR count). The molecule has 5 fully saturated rings. The summed E-state index contributed by atoms with van der Waals surface area (Å²) in [6.45, 7) is 3.96. The number of nitrogens with one attached hydrogen (secondary N) is 1. The number of anilines is 1. The largest absolute Gasteiger partial charge is 0.506 e. The lowest BCUT2D eigenvalue weighted by Gasteiger charge is -2.59. The Kier molecular flexibility index (Phi) is 4.65. The van der Waals surface area contributed by atoms with Crippen LogP contribution >= 0.6 is 0 Å². The van der Waals surface area contributed by atoms with E-state index in [1.54, 1.807) is 0 Å². The van der Waals surface area contributed by atoms with Crippen molar-refractivity contribution in [2.24, 2.45) is 22.7 Å². The average molecular weight is 459 g/mol. The number of carboxylic acids is 1. The van der Waals surface area contributed by atoms with Crippen LogP contribution in [0, 0.1) is 22.7 Å². The van der Waals surface area contributed by atoms with Gasteiger partial charge in [-0.25, -0.2) is 4.79 Å². The van der Waals surface area contributed by atoms with Gasteiger partial charge in [-0.1, -0.05) is 6.92 Å². The number of rotatable bonds is 5. The smallest absolute Gasteiger partial charge is 0.339 e. The molecule has 5 aliphatic rings. The number of carbonyl (C=O) groups is 3. The lowest BCUT2D eigenvalue weighted by molar-refractivity contribution is -0.218. The number of aliphatic hydroxyl groups is 1. The molecule has 2 saturated heterocycles. The number of amides is 1. The summed E-state index contributed by atoms with van der Waals surface area (Å²) in [4.78, 5) is 37.2. The van der Waals surface area contributed by atoms with E-state index < -0.39 is 40.5 Å². The second kappa shape index (κ2) is 6.93. The highest BCUT2D eigenvalue weighted by atomic mass is 16.5. The fourth-order valence-corrected chi connectivity index (χ4v) is 7.54. The highest BCUT2D eigenvalue weighted by Crippen LogP contribution is 2.73. The minimum Gasteiger partial charge on any atom is -0.506 e. The van der Waals surface area contributed by atoms with E-state index in [0.717, 1.165) is 25.0 Å².